The highest BCUT2D eigenvalue weighted by Gasteiger charge is 2.29. The van der Waals surface area contributed by atoms with E-state index >= 15 is 0 Å². The van der Waals surface area contributed by atoms with Crippen LogP contribution in [0.5, 0.6) is 0 Å². The monoisotopic (exact) mass is 291 g/mol. The van der Waals surface area contributed by atoms with Crippen LogP contribution in [0.3, 0.4) is 0 Å². The van der Waals surface area contributed by atoms with Crippen molar-refractivity contribution in [2.24, 2.45) is 0 Å². The number of aromatic nitrogens is 3. The first-order valence-corrected chi connectivity index (χ1v) is 7.64. The van der Waals surface area contributed by atoms with E-state index < -0.39 is 6.10 Å². The average molecular weight is 291 g/mol. The molecule has 20 heavy (non-hydrogen) atoms. The lowest BCUT2D eigenvalue weighted by atomic mass is 10.1. The molecule has 5 nitrogen and oxygen atoms in total. The molecule has 0 radical (unpaired) electrons. The smallest absolute Gasteiger partial charge is 0.344 e. The molecule has 6 heteroatoms. The van der Waals surface area contributed by atoms with Gasteiger partial charge in [-0.15, -0.1) is 5.10 Å². The lowest BCUT2D eigenvalue weighted by Gasteiger charge is -2.13. The number of nitrogens with one attached hydrogen (secondary N) is 1. The fourth-order valence-electron chi connectivity index (χ4n) is 2.18. The average Bonchev–Trinajstić information content (AvgIpc) is 3.23. The van der Waals surface area contributed by atoms with Crippen LogP contribution in [0, 0.1) is 0 Å². The number of aliphatic hydroxyl groups is 1. The van der Waals surface area contributed by atoms with Crippen molar-refractivity contribution < 1.29 is 5.11 Å². The zero-order valence-electron chi connectivity index (χ0n) is 11.2. The van der Waals surface area contributed by atoms with Crippen LogP contribution in [0.4, 0.5) is 0 Å². The molecule has 1 aromatic carbocycles. The Hall–Kier alpha value is -1.53. The number of hydrogen-bond acceptors (Lipinski definition) is 4. The van der Waals surface area contributed by atoms with E-state index in [0.29, 0.717) is 11.6 Å². The van der Waals surface area contributed by atoms with Gasteiger partial charge in [0.05, 0.1) is 6.10 Å². The van der Waals surface area contributed by atoms with Crippen molar-refractivity contribution in [3.63, 3.8) is 0 Å². The van der Waals surface area contributed by atoms with Crippen molar-refractivity contribution in [3.8, 4) is 0 Å². The molecule has 1 heterocycles. The van der Waals surface area contributed by atoms with Crippen LogP contribution in [0.2, 0.25) is 0 Å². The quantitative estimate of drug-likeness (QED) is 0.888. The highest BCUT2D eigenvalue weighted by Crippen LogP contribution is 2.39. The standard InChI is InChI=1S/C14H17N3O2S/c1-2-11(18)10-5-3-4-6-12(10)20-14-16-15-13(19)17(14)9-7-8-9/h3-6,9,11,18H,2,7-8H2,1H3,(H,15,19)/t11-/m1/s1. The third-order valence-corrected chi connectivity index (χ3v) is 4.51. The normalized spacial score (nSPS) is 16.3. The Morgan fingerprint density at radius 1 is 1.50 bits per heavy atom. The Morgan fingerprint density at radius 2 is 2.25 bits per heavy atom. The van der Waals surface area contributed by atoms with E-state index in [4.69, 9.17) is 0 Å². The van der Waals surface area contributed by atoms with Gasteiger partial charge in [-0.3, -0.25) is 4.57 Å². The molecule has 2 aromatic rings. The number of H-pyrrole nitrogens is 1. The molecule has 1 aliphatic rings. The number of hydrogen-bond donors (Lipinski definition) is 2. The largest absolute Gasteiger partial charge is 0.388 e. The van der Waals surface area contributed by atoms with Gasteiger partial charge in [-0.05, 0) is 42.7 Å². The van der Waals surface area contributed by atoms with Crippen LogP contribution in [-0.4, -0.2) is 19.9 Å². The van der Waals surface area contributed by atoms with E-state index in [1.807, 2.05) is 31.2 Å². The molecule has 1 fully saturated rings. The predicted molar refractivity (Wildman–Crippen MR) is 76.9 cm³/mol. The van der Waals surface area contributed by atoms with E-state index in [-0.39, 0.29) is 11.7 Å². The van der Waals surface area contributed by atoms with Gasteiger partial charge in [-0.2, -0.15) is 0 Å². The summed E-state index contributed by atoms with van der Waals surface area (Å²) < 4.78 is 1.72. The van der Waals surface area contributed by atoms with Crippen molar-refractivity contribution in [2.45, 2.75) is 48.4 Å². The van der Waals surface area contributed by atoms with Gasteiger partial charge in [-0.25, -0.2) is 9.89 Å². The van der Waals surface area contributed by atoms with Crippen molar-refractivity contribution in [1.82, 2.24) is 14.8 Å². The van der Waals surface area contributed by atoms with Gasteiger partial charge < -0.3 is 5.11 Å². The summed E-state index contributed by atoms with van der Waals surface area (Å²) in [5.41, 5.74) is 0.737. The van der Waals surface area contributed by atoms with Crippen molar-refractivity contribution in [3.05, 3.63) is 40.3 Å². The fraction of sp³-hybridized carbons (Fsp3) is 0.429. The Balaban J connectivity index is 1.94. The summed E-state index contributed by atoms with van der Waals surface area (Å²) in [7, 11) is 0. The molecule has 2 N–H and O–H groups in total. The second kappa shape index (κ2) is 5.46. The molecule has 1 aliphatic carbocycles. The van der Waals surface area contributed by atoms with Crippen LogP contribution in [0.25, 0.3) is 0 Å². The minimum atomic E-state index is -0.487. The zero-order chi connectivity index (χ0) is 14.1. The molecule has 1 saturated carbocycles. The first-order valence-electron chi connectivity index (χ1n) is 6.82. The molecule has 0 bridgehead atoms. The van der Waals surface area contributed by atoms with Crippen LogP contribution < -0.4 is 5.69 Å². The minimum Gasteiger partial charge on any atom is -0.388 e. The molecule has 1 atom stereocenters. The summed E-state index contributed by atoms with van der Waals surface area (Å²) in [5.74, 6) is 0. The number of nitrogens with zero attached hydrogens (tertiary/aromatic N) is 2. The summed E-state index contributed by atoms with van der Waals surface area (Å²) in [4.78, 5) is 12.7. The molecular weight excluding hydrogens is 274 g/mol. The minimum absolute atomic E-state index is 0.150. The van der Waals surface area contributed by atoms with Gasteiger partial charge in [-0.1, -0.05) is 25.1 Å². The molecule has 3 rings (SSSR count). The SMILES string of the molecule is CC[C@@H](O)c1ccccc1Sc1n[nH]c(=O)n1C1CC1. The van der Waals surface area contributed by atoms with Gasteiger partial charge in [0.25, 0.3) is 0 Å². The highest BCUT2D eigenvalue weighted by molar-refractivity contribution is 7.99. The van der Waals surface area contributed by atoms with E-state index in [1.165, 1.54) is 11.8 Å². The summed E-state index contributed by atoms with van der Waals surface area (Å²) in [5, 5.41) is 17.4. The molecular formula is C14H17N3O2S. The first-order chi connectivity index (χ1) is 9.70. The topological polar surface area (TPSA) is 70.9 Å². The van der Waals surface area contributed by atoms with Crippen molar-refractivity contribution in [1.29, 1.82) is 0 Å². The Kier molecular flexibility index (Phi) is 3.67. The van der Waals surface area contributed by atoms with Gasteiger partial charge in [0.15, 0.2) is 5.16 Å². The van der Waals surface area contributed by atoms with E-state index in [9.17, 15) is 9.90 Å². The molecule has 0 aliphatic heterocycles. The summed E-state index contributed by atoms with van der Waals surface area (Å²) in [6.45, 7) is 1.95. The third-order valence-electron chi connectivity index (χ3n) is 3.45. The lowest BCUT2D eigenvalue weighted by molar-refractivity contribution is 0.171. The number of rotatable bonds is 5. The summed E-state index contributed by atoms with van der Waals surface area (Å²) in [6, 6.07) is 8.00. The maximum absolute atomic E-state index is 11.8. The zero-order valence-corrected chi connectivity index (χ0v) is 12.1. The fourth-order valence-corrected chi connectivity index (χ4v) is 3.27. The van der Waals surface area contributed by atoms with Gasteiger partial charge >= 0.3 is 5.69 Å². The van der Waals surface area contributed by atoms with Crippen LogP contribution >= 0.6 is 11.8 Å². The van der Waals surface area contributed by atoms with E-state index in [2.05, 4.69) is 10.2 Å². The van der Waals surface area contributed by atoms with Crippen LogP contribution in [0.1, 0.15) is 43.9 Å². The maximum atomic E-state index is 11.8. The molecule has 0 unspecified atom stereocenters. The molecule has 0 spiro atoms. The van der Waals surface area contributed by atoms with Gasteiger partial charge in [0, 0.05) is 10.9 Å². The molecule has 0 amide bonds. The lowest BCUT2D eigenvalue weighted by Crippen LogP contribution is -2.16. The molecule has 106 valence electrons. The van der Waals surface area contributed by atoms with E-state index in [1.54, 1.807) is 4.57 Å². The Morgan fingerprint density at radius 3 is 2.95 bits per heavy atom. The second-order valence-electron chi connectivity index (χ2n) is 4.98. The number of benzene rings is 1. The third kappa shape index (κ3) is 2.53. The maximum Gasteiger partial charge on any atom is 0.344 e. The van der Waals surface area contributed by atoms with Crippen LogP contribution in [0.15, 0.2) is 39.1 Å². The highest BCUT2D eigenvalue weighted by atomic mass is 32.2. The van der Waals surface area contributed by atoms with Crippen molar-refractivity contribution in [2.75, 3.05) is 0 Å². The number of aromatic amines is 1. The van der Waals surface area contributed by atoms with Crippen molar-refractivity contribution >= 4 is 11.8 Å². The summed E-state index contributed by atoms with van der Waals surface area (Å²) in [6.07, 6.45) is 2.24. The predicted octanol–water partition coefficient (Wildman–Crippen LogP) is 2.50. The Labute approximate surface area is 121 Å². The molecule has 0 saturated heterocycles. The Bertz CT molecular complexity index is 660. The van der Waals surface area contributed by atoms with Gasteiger partial charge in [0.1, 0.15) is 0 Å². The molecule has 1 aromatic heterocycles. The first kappa shape index (κ1) is 13.5. The van der Waals surface area contributed by atoms with Gasteiger partial charge in [0.2, 0.25) is 0 Å². The summed E-state index contributed by atoms with van der Waals surface area (Å²) >= 11 is 1.43. The van der Waals surface area contributed by atoms with Crippen LogP contribution in [-0.2, 0) is 0 Å². The second-order valence-corrected chi connectivity index (χ2v) is 5.99. The van der Waals surface area contributed by atoms with E-state index in [0.717, 1.165) is 23.3 Å². The number of aliphatic hydroxyl groups excluding tert-OH is 1.